The predicted octanol–water partition coefficient (Wildman–Crippen LogP) is 19.2. The monoisotopic (exact) mass is 860 g/mol. The van der Waals surface area contributed by atoms with Gasteiger partial charge in [0.05, 0.1) is 0 Å². The fraction of sp³-hybridized carbons (Fsp3) is 0.104. The lowest BCUT2D eigenvalue weighted by atomic mass is 9.76. The first-order valence-corrected chi connectivity index (χ1v) is 24.1. The van der Waals surface area contributed by atoms with Crippen LogP contribution in [0.4, 0.5) is 0 Å². The first kappa shape index (κ1) is 43.1. The highest BCUT2D eigenvalue weighted by Gasteiger charge is 2.26. The molecule has 324 valence electrons. The lowest BCUT2D eigenvalue weighted by Gasteiger charge is -2.27. The SMILES string of the molecule is C/C=C(\C=C/CC)c1ccc(-c2cc(-c3ccc(-c4ccccc4)cc3)c3ccc4c(-c5ccc(-c6ccccc6)cc5)cc(-c5ccc(-c6ccccc6)cc5)c5c4c3c2CC5)cc1.CC. The van der Waals surface area contributed by atoms with Gasteiger partial charge in [0.25, 0.3) is 0 Å². The van der Waals surface area contributed by atoms with E-state index in [9.17, 15) is 0 Å². The van der Waals surface area contributed by atoms with Crippen LogP contribution in [0, 0.1) is 0 Å². The number of rotatable bonds is 10. The molecule has 1 aliphatic rings. The highest BCUT2D eigenvalue weighted by atomic mass is 14.3. The van der Waals surface area contributed by atoms with Crippen molar-refractivity contribution in [1.82, 2.24) is 0 Å². The van der Waals surface area contributed by atoms with E-state index < -0.39 is 0 Å². The summed E-state index contributed by atoms with van der Waals surface area (Å²) in [5.41, 5.74) is 22.9. The van der Waals surface area contributed by atoms with E-state index in [2.05, 4.69) is 244 Å². The molecule has 0 nitrogen and oxygen atoms in total. The highest BCUT2D eigenvalue weighted by molar-refractivity contribution is 6.21. The molecule has 10 aromatic carbocycles. The van der Waals surface area contributed by atoms with E-state index >= 15 is 0 Å². The minimum atomic E-state index is 0.965. The second kappa shape index (κ2) is 19.4. The van der Waals surface area contributed by atoms with Gasteiger partial charge in [0.15, 0.2) is 0 Å². The van der Waals surface area contributed by atoms with Crippen molar-refractivity contribution in [2.45, 2.75) is 47.0 Å². The molecule has 0 N–H and O–H groups in total. The van der Waals surface area contributed by atoms with Gasteiger partial charge in [0.1, 0.15) is 0 Å². The number of hydrogen-bond acceptors (Lipinski definition) is 0. The van der Waals surface area contributed by atoms with Crippen LogP contribution in [0.25, 0.3) is 105 Å². The molecule has 0 aromatic heterocycles. The van der Waals surface area contributed by atoms with Gasteiger partial charge < -0.3 is 0 Å². The number of allylic oxidation sites excluding steroid dienone is 4. The number of hydrogen-bond donors (Lipinski definition) is 0. The van der Waals surface area contributed by atoms with Gasteiger partial charge in [-0.05, 0) is 160 Å². The van der Waals surface area contributed by atoms with Crippen LogP contribution in [-0.2, 0) is 12.8 Å². The molecule has 0 unspecified atom stereocenters. The second-order valence-corrected chi connectivity index (χ2v) is 17.3. The summed E-state index contributed by atoms with van der Waals surface area (Å²) < 4.78 is 0. The molecule has 0 spiro atoms. The molecule has 67 heavy (non-hydrogen) atoms. The van der Waals surface area contributed by atoms with Gasteiger partial charge in [-0.2, -0.15) is 0 Å². The maximum Gasteiger partial charge on any atom is -0.00575 e. The minimum Gasteiger partial charge on any atom is -0.0842 e. The summed E-state index contributed by atoms with van der Waals surface area (Å²) in [5.74, 6) is 0. The van der Waals surface area contributed by atoms with Crippen LogP contribution in [0.3, 0.4) is 0 Å². The predicted molar refractivity (Wildman–Crippen MR) is 291 cm³/mol. The van der Waals surface area contributed by atoms with Crippen LogP contribution in [-0.4, -0.2) is 0 Å². The second-order valence-electron chi connectivity index (χ2n) is 17.3. The van der Waals surface area contributed by atoms with Gasteiger partial charge >= 0.3 is 0 Å². The standard InChI is InChI=1S/C65H50.C2H6/c1-3-5-15-44(4-2)48-22-30-52(31-23-48)60-42-61(53-32-24-49(25-33-53)45-16-9-6-10-17-45)57-40-41-59-63(55-36-28-51(29-37-55)47-20-13-8-14-21-47)43-62(58-39-38-56(60)64(57)65(58)59)54-34-26-50(27-35-54)46-18-11-7-12-19-46;1-2/h4-37,40-43H,3,38-39H2,1-2H3;1-2H3/b15-5-,44-4+;. The third-order valence-corrected chi connectivity index (χ3v) is 13.5. The first-order chi connectivity index (χ1) is 33.1. The Bertz CT molecular complexity index is 3370. The Morgan fingerprint density at radius 3 is 1.03 bits per heavy atom. The Hall–Kier alpha value is -7.80. The Morgan fingerprint density at radius 1 is 0.373 bits per heavy atom. The molecule has 0 saturated carbocycles. The molecule has 0 heteroatoms. The Kier molecular flexibility index (Phi) is 12.5. The maximum absolute atomic E-state index is 2.49. The summed E-state index contributed by atoms with van der Waals surface area (Å²) in [6.45, 7) is 8.32. The van der Waals surface area contributed by atoms with Gasteiger partial charge in [-0.3, -0.25) is 0 Å². The Morgan fingerprint density at radius 2 is 0.687 bits per heavy atom. The van der Waals surface area contributed by atoms with E-state index in [1.807, 2.05) is 13.8 Å². The van der Waals surface area contributed by atoms with Crippen molar-refractivity contribution in [3.05, 3.63) is 247 Å². The molecule has 0 saturated heterocycles. The zero-order valence-electron chi connectivity index (χ0n) is 39.1. The molecule has 0 radical (unpaired) electrons. The first-order valence-electron chi connectivity index (χ1n) is 24.1. The van der Waals surface area contributed by atoms with Crippen LogP contribution in [0.1, 0.15) is 50.8 Å². The zero-order valence-corrected chi connectivity index (χ0v) is 39.1. The van der Waals surface area contributed by atoms with Crippen LogP contribution in [0.5, 0.6) is 0 Å². The quantitative estimate of drug-likeness (QED) is 0.0949. The molecule has 0 bridgehead atoms. The molecule has 10 aromatic rings. The number of benzene rings is 10. The van der Waals surface area contributed by atoms with Gasteiger partial charge in [-0.25, -0.2) is 0 Å². The van der Waals surface area contributed by atoms with Crippen LogP contribution < -0.4 is 0 Å². The van der Waals surface area contributed by atoms with Crippen molar-refractivity contribution in [2.75, 3.05) is 0 Å². The van der Waals surface area contributed by atoms with E-state index in [1.54, 1.807) is 0 Å². The van der Waals surface area contributed by atoms with E-state index in [1.165, 1.54) is 122 Å². The average Bonchev–Trinajstić information content (AvgIpc) is 3.42. The third-order valence-electron chi connectivity index (χ3n) is 13.5. The maximum atomic E-state index is 2.49. The number of aryl methyl sites for hydroxylation is 2. The van der Waals surface area contributed by atoms with Crippen LogP contribution >= 0.6 is 0 Å². The Balaban J connectivity index is 0.00000259. The lowest BCUT2D eigenvalue weighted by Crippen LogP contribution is -2.07. The fourth-order valence-electron chi connectivity index (χ4n) is 10.2. The molecule has 0 fully saturated rings. The van der Waals surface area contributed by atoms with Crippen molar-refractivity contribution >= 4 is 27.1 Å². The normalized spacial score (nSPS) is 12.1. The third kappa shape index (κ3) is 8.37. The largest absolute Gasteiger partial charge is 0.0842 e. The van der Waals surface area contributed by atoms with Crippen molar-refractivity contribution in [2.24, 2.45) is 0 Å². The summed E-state index contributed by atoms with van der Waals surface area (Å²) in [7, 11) is 0. The van der Waals surface area contributed by atoms with Gasteiger partial charge in [-0.1, -0.05) is 239 Å². The van der Waals surface area contributed by atoms with Crippen LogP contribution in [0.15, 0.2) is 231 Å². The van der Waals surface area contributed by atoms with E-state index in [0.717, 1.165) is 19.3 Å². The van der Waals surface area contributed by atoms with Gasteiger partial charge in [-0.15, -0.1) is 0 Å². The van der Waals surface area contributed by atoms with Gasteiger partial charge in [0, 0.05) is 0 Å². The van der Waals surface area contributed by atoms with Crippen molar-refractivity contribution in [3.8, 4) is 77.9 Å². The Labute approximate surface area is 397 Å². The molecule has 1 aliphatic carbocycles. The highest BCUT2D eigenvalue weighted by Crippen LogP contribution is 2.49. The van der Waals surface area contributed by atoms with E-state index in [-0.39, 0.29) is 0 Å². The van der Waals surface area contributed by atoms with Crippen molar-refractivity contribution < 1.29 is 0 Å². The lowest BCUT2D eigenvalue weighted by molar-refractivity contribution is 0.972. The van der Waals surface area contributed by atoms with E-state index in [4.69, 9.17) is 0 Å². The smallest absolute Gasteiger partial charge is 0.00575 e. The summed E-state index contributed by atoms with van der Waals surface area (Å²) in [5, 5.41) is 5.39. The summed E-state index contributed by atoms with van der Waals surface area (Å²) in [4.78, 5) is 0. The van der Waals surface area contributed by atoms with E-state index in [0.29, 0.717) is 0 Å². The fourth-order valence-corrected chi connectivity index (χ4v) is 10.2. The van der Waals surface area contributed by atoms with Crippen molar-refractivity contribution in [1.29, 1.82) is 0 Å². The summed E-state index contributed by atoms with van der Waals surface area (Å²) >= 11 is 0. The average molecular weight is 861 g/mol. The topological polar surface area (TPSA) is 0 Å². The summed E-state index contributed by atoms with van der Waals surface area (Å²) in [6, 6.07) is 78.9. The molecule has 0 atom stereocenters. The molecule has 11 rings (SSSR count). The van der Waals surface area contributed by atoms with Crippen LogP contribution in [0.2, 0.25) is 0 Å². The molecule has 0 aliphatic heterocycles. The molecule has 0 amide bonds. The molecule has 0 heterocycles. The molecular weight excluding hydrogens is 805 g/mol. The molecular formula is C67H56. The minimum absolute atomic E-state index is 0.965. The summed E-state index contributed by atoms with van der Waals surface area (Å²) in [6.07, 6.45) is 9.65. The zero-order chi connectivity index (χ0) is 45.7. The van der Waals surface area contributed by atoms with Gasteiger partial charge in [0.2, 0.25) is 0 Å². The van der Waals surface area contributed by atoms with Crippen molar-refractivity contribution in [3.63, 3.8) is 0 Å².